The number of guanidine groups is 1. The highest BCUT2D eigenvalue weighted by Crippen LogP contribution is 2.26. The summed E-state index contributed by atoms with van der Waals surface area (Å²) in [5.74, 6) is 1.36. The number of aliphatic imine (C=N–C) groups is 1. The first kappa shape index (κ1) is 21.7. The number of rotatable bonds is 7. The van der Waals surface area contributed by atoms with E-state index in [0.717, 1.165) is 68.6 Å². The Morgan fingerprint density at radius 3 is 2.68 bits per heavy atom. The monoisotopic (exact) mass is 425 g/mol. The summed E-state index contributed by atoms with van der Waals surface area (Å²) in [7, 11) is 1.78. The molecular formula is C24H35N5O2. The number of hydrogen-bond acceptors (Lipinski definition) is 3. The SMILES string of the molecule is CN=C(NCc1cccc(CN2CCCC2=O)c1)NC1CCCC(C(=O)NC2CC2)C1. The molecule has 168 valence electrons. The fourth-order valence-corrected chi connectivity index (χ4v) is 4.61. The molecule has 1 aromatic carbocycles. The third-order valence-electron chi connectivity index (χ3n) is 6.53. The van der Waals surface area contributed by atoms with Crippen LogP contribution in [0.2, 0.25) is 0 Å². The zero-order chi connectivity index (χ0) is 21.6. The molecule has 31 heavy (non-hydrogen) atoms. The molecule has 7 nitrogen and oxygen atoms in total. The van der Waals surface area contributed by atoms with Gasteiger partial charge in [0.1, 0.15) is 0 Å². The molecule has 3 N–H and O–H groups in total. The second kappa shape index (κ2) is 10.2. The first-order valence-corrected chi connectivity index (χ1v) is 11.7. The van der Waals surface area contributed by atoms with Crippen LogP contribution >= 0.6 is 0 Å². The summed E-state index contributed by atoms with van der Waals surface area (Å²) in [4.78, 5) is 30.6. The van der Waals surface area contributed by atoms with E-state index < -0.39 is 0 Å². The van der Waals surface area contributed by atoms with Crippen molar-refractivity contribution in [3.8, 4) is 0 Å². The second-order valence-electron chi connectivity index (χ2n) is 9.15. The van der Waals surface area contributed by atoms with Crippen molar-refractivity contribution >= 4 is 17.8 Å². The van der Waals surface area contributed by atoms with Gasteiger partial charge in [-0.3, -0.25) is 14.6 Å². The van der Waals surface area contributed by atoms with Gasteiger partial charge in [-0.05, 0) is 49.7 Å². The van der Waals surface area contributed by atoms with Crippen LogP contribution in [0.5, 0.6) is 0 Å². The van der Waals surface area contributed by atoms with Crippen molar-refractivity contribution in [3.63, 3.8) is 0 Å². The van der Waals surface area contributed by atoms with E-state index in [1.807, 2.05) is 11.0 Å². The predicted molar refractivity (Wildman–Crippen MR) is 121 cm³/mol. The Balaban J connectivity index is 1.26. The van der Waals surface area contributed by atoms with E-state index in [4.69, 9.17) is 0 Å². The summed E-state index contributed by atoms with van der Waals surface area (Å²) >= 11 is 0. The van der Waals surface area contributed by atoms with Gasteiger partial charge in [0.15, 0.2) is 5.96 Å². The van der Waals surface area contributed by atoms with E-state index in [9.17, 15) is 9.59 Å². The van der Waals surface area contributed by atoms with E-state index in [1.165, 1.54) is 0 Å². The molecule has 3 aliphatic rings. The highest BCUT2D eigenvalue weighted by molar-refractivity contribution is 5.81. The van der Waals surface area contributed by atoms with Gasteiger partial charge in [0.05, 0.1) is 0 Å². The van der Waals surface area contributed by atoms with Crippen molar-refractivity contribution in [2.24, 2.45) is 10.9 Å². The molecule has 0 bridgehead atoms. The van der Waals surface area contributed by atoms with Crippen LogP contribution in [0.4, 0.5) is 0 Å². The topological polar surface area (TPSA) is 85.8 Å². The van der Waals surface area contributed by atoms with E-state index in [0.29, 0.717) is 25.6 Å². The van der Waals surface area contributed by atoms with Gasteiger partial charge in [0.2, 0.25) is 11.8 Å². The lowest BCUT2D eigenvalue weighted by molar-refractivity contribution is -0.128. The largest absolute Gasteiger partial charge is 0.354 e. The molecule has 2 saturated carbocycles. The van der Waals surface area contributed by atoms with Gasteiger partial charge in [-0.2, -0.15) is 0 Å². The molecule has 1 saturated heterocycles. The lowest BCUT2D eigenvalue weighted by Gasteiger charge is -2.30. The minimum absolute atomic E-state index is 0.106. The van der Waals surface area contributed by atoms with Gasteiger partial charge in [-0.1, -0.05) is 30.7 Å². The average molecular weight is 426 g/mol. The number of nitrogens with one attached hydrogen (secondary N) is 3. The van der Waals surface area contributed by atoms with Crippen molar-refractivity contribution in [3.05, 3.63) is 35.4 Å². The van der Waals surface area contributed by atoms with Gasteiger partial charge in [0, 0.05) is 51.1 Å². The summed E-state index contributed by atoms with van der Waals surface area (Å²) in [5, 5.41) is 10.1. The average Bonchev–Trinajstić information content (AvgIpc) is 3.51. The van der Waals surface area contributed by atoms with Crippen LogP contribution in [0.25, 0.3) is 0 Å². The molecule has 1 aromatic rings. The Morgan fingerprint density at radius 2 is 1.94 bits per heavy atom. The number of amides is 2. The van der Waals surface area contributed by atoms with Gasteiger partial charge in [0.25, 0.3) is 0 Å². The van der Waals surface area contributed by atoms with Gasteiger partial charge < -0.3 is 20.9 Å². The zero-order valence-electron chi connectivity index (χ0n) is 18.5. The molecular weight excluding hydrogens is 390 g/mol. The minimum atomic E-state index is 0.106. The maximum atomic E-state index is 12.4. The van der Waals surface area contributed by atoms with Crippen molar-refractivity contribution in [1.82, 2.24) is 20.9 Å². The Morgan fingerprint density at radius 1 is 1.10 bits per heavy atom. The Bertz CT molecular complexity index is 820. The van der Waals surface area contributed by atoms with Crippen LogP contribution in [0.15, 0.2) is 29.3 Å². The smallest absolute Gasteiger partial charge is 0.223 e. The van der Waals surface area contributed by atoms with Crippen molar-refractivity contribution in [2.75, 3.05) is 13.6 Å². The van der Waals surface area contributed by atoms with Gasteiger partial charge in [-0.15, -0.1) is 0 Å². The van der Waals surface area contributed by atoms with Crippen molar-refractivity contribution in [1.29, 1.82) is 0 Å². The summed E-state index contributed by atoms with van der Waals surface area (Å²) in [6.45, 7) is 2.21. The molecule has 1 heterocycles. The maximum absolute atomic E-state index is 12.4. The first-order chi connectivity index (χ1) is 15.1. The standard InChI is InChI=1S/C24H35N5O2/c1-25-24(28-21-8-3-7-19(14-21)23(31)27-20-10-11-20)26-15-17-5-2-6-18(13-17)16-29-12-4-9-22(29)30/h2,5-6,13,19-21H,3-4,7-12,14-16H2,1H3,(H,27,31)(H2,25,26,28). The van der Waals surface area contributed by atoms with Gasteiger partial charge >= 0.3 is 0 Å². The number of likely N-dealkylation sites (tertiary alicyclic amines) is 1. The molecule has 4 rings (SSSR count). The van der Waals surface area contributed by atoms with Crippen LogP contribution in [-0.2, 0) is 22.7 Å². The third kappa shape index (κ3) is 6.21. The highest BCUT2D eigenvalue weighted by atomic mass is 16.2. The molecule has 7 heteroatoms. The fraction of sp³-hybridized carbons (Fsp3) is 0.625. The molecule has 2 amide bonds. The van der Waals surface area contributed by atoms with Crippen molar-refractivity contribution in [2.45, 2.75) is 76.5 Å². The summed E-state index contributed by atoms with van der Waals surface area (Å²) in [6, 6.07) is 9.07. The number of hydrogen-bond donors (Lipinski definition) is 3. The minimum Gasteiger partial charge on any atom is -0.354 e. The number of carbonyl (C=O) groups excluding carboxylic acids is 2. The zero-order valence-corrected chi connectivity index (χ0v) is 18.5. The maximum Gasteiger partial charge on any atom is 0.223 e. The predicted octanol–water partition coefficient (Wildman–Crippen LogP) is 2.31. The lowest BCUT2D eigenvalue weighted by Crippen LogP contribution is -2.47. The summed E-state index contributed by atoms with van der Waals surface area (Å²) in [6.07, 6.45) is 7.87. The second-order valence-corrected chi connectivity index (χ2v) is 9.15. The summed E-state index contributed by atoms with van der Waals surface area (Å²) in [5.41, 5.74) is 2.33. The van der Waals surface area contributed by atoms with E-state index in [-0.39, 0.29) is 23.8 Å². The molecule has 0 aromatic heterocycles. The normalized spacial score (nSPS) is 24.2. The number of benzene rings is 1. The molecule has 0 spiro atoms. The fourth-order valence-electron chi connectivity index (χ4n) is 4.61. The Hall–Kier alpha value is -2.57. The third-order valence-corrected chi connectivity index (χ3v) is 6.53. The number of nitrogens with zero attached hydrogens (tertiary/aromatic N) is 2. The van der Waals surface area contributed by atoms with Crippen LogP contribution in [0.3, 0.4) is 0 Å². The Labute approximate surface area is 185 Å². The molecule has 2 unspecified atom stereocenters. The van der Waals surface area contributed by atoms with E-state index in [2.05, 4.69) is 39.1 Å². The highest BCUT2D eigenvalue weighted by Gasteiger charge is 2.31. The van der Waals surface area contributed by atoms with E-state index >= 15 is 0 Å². The van der Waals surface area contributed by atoms with Gasteiger partial charge in [-0.25, -0.2) is 0 Å². The Kier molecular flexibility index (Phi) is 7.10. The quantitative estimate of drug-likeness (QED) is 0.462. The first-order valence-electron chi connectivity index (χ1n) is 11.7. The molecule has 2 aliphatic carbocycles. The molecule has 0 radical (unpaired) electrons. The van der Waals surface area contributed by atoms with Crippen LogP contribution in [0, 0.1) is 5.92 Å². The van der Waals surface area contributed by atoms with Crippen LogP contribution in [0.1, 0.15) is 62.5 Å². The molecule has 3 fully saturated rings. The summed E-state index contributed by atoms with van der Waals surface area (Å²) < 4.78 is 0. The number of carbonyl (C=O) groups is 2. The van der Waals surface area contributed by atoms with Crippen molar-refractivity contribution < 1.29 is 9.59 Å². The van der Waals surface area contributed by atoms with Crippen LogP contribution < -0.4 is 16.0 Å². The molecule has 2 atom stereocenters. The van der Waals surface area contributed by atoms with Crippen LogP contribution in [-0.4, -0.2) is 48.3 Å². The molecule has 1 aliphatic heterocycles. The van der Waals surface area contributed by atoms with E-state index in [1.54, 1.807) is 7.05 Å². The lowest BCUT2D eigenvalue weighted by atomic mass is 9.85.